The number of likely N-dealkylation sites (tertiary alicyclic amines) is 1. The fourth-order valence-electron chi connectivity index (χ4n) is 2.72. The highest BCUT2D eigenvalue weighted by atomic mass is 15.2. The summed E-state index contributed by atoms with van der Waals surface area (Å²) in [6.07, 6.45) is 12.4. The summed E-state index contributed by atoms with van der Waals surface area (Å²) in [4.78, 5) is 2.65. The average molecular weight is 226 g/mol. The Balaban J connectivity index is 2.15. The zero-order chi connectivity index (χ0) is 11.6. The van der Waals surface area contributed by atoms with Gasteiger partial charge in [-0.1, -0.05) is 45.4 Å². The van der Waals surface area contributed by atoms with Gasteiger partial charge >= 0.3 is 0 Å². The molecule has 1 heterocycles. The summed E-state index contributed by atoms with van der Waals surface area (Å²) >= 11 is 0. The van der Waals surface area contributed by atoms with Gasteiger partial charge in [-0.05, 0) is 32.4 Å². The van der Waals surface area contributed by atoms with E-state index in [0.29, 0.717) is 6.04 Å². The fourth-order valence-corrected chi connectivity index (χ4v) is 2.72. The Kier molecular flexibility index (Phi) is 7.87. The molecule has 2 nitrogen and oxygen atoms in total. The first kappa shape index (κ1) is 14.0. The molecule has 0 aromatic rings. The number of hydrogen-bond acceptors (Lipinski definition) is 2. The van der Waals surface area contributed by atoms with Crippen LogP contribution in [0.2, 0.25) is 0 Å². The van der Waals surface area contributed by atoms with Crippen molar-refractivity contribution in [3.63, 3.8) is 0 Å². The molecule has 2 heteroatoms. The quantitative estimate of drug-likeness (QED) is 0.676. The molecule has 0 amide bonds. The van der Waals surface area contributed by atoms with Gasteiger partial charge in [-0.2, -0.15) is 0 Å². The van der Waals surface area contributed by atoms with E-state index in [4.69, 9.17) is 5.73 Å². The first-order chi connectivity index (χ1) is 7.88. The van der Waals surface area contributed by atoms with Crippen molar-refractivity contribution >= 4 is 0 Å². The summed E-state index contributed by atoms with van der Waals surface area (Å²) in [6, 6.07) is 0.675. The highest BCUT2D eigenvalue weighted by molar-refractivity contribution is 4.75. The predicted molar refractivity (Wildman–Crippen MR) is 71.6 cm³/mol. The average Bonchev–Trinajstić information content (AvgIpc) is 2.53. The van der Waals surface area contributed by atoms with E-state index in [2.05, 4.69) is 11.8 Å². The van der Waals surface area contributed by atoms with Gasteiger partial charge in [0, 0.05) is 12.6 Å². The Morgan fingerprint density at radius 1 is 1.06 bits per heavy atom. The number of nitrogens with two attached hydrogens (primary N) is 1. The topological polar surface area (TPSA) is 29.3 Å². The van der Waals surface area contributed by atoms with Crippen LogP contribution in [-0.2, 0) is 0 Å². The normalized spacial score (nSPS) is 23.2. The molecule has 1 aliphatic heterocycles. The monoisotopic (exact) mass is 226 g/mol. The standard InChI is InChI=1S/C14H30N2/c1-2-3-4-5-8-11-16-12-9-6-7-10-14(16)13-15/h14H,2-13,15H2,1H3. The molecule has 0 aliphatic carbocycles. The van der Waals surface area contributed by atoms with Gasteiger partial charge in [-0.3, -0.25) is 4.90 Å². The summed E-state index contributed by atoms with van der Waals surface area (Å²) in [5.41, 5.74) is 5.87. The van der Waals surface area contributed by atoms with Crippen molar-refractivity contribution in [2.45, 2.75) is 70.8 Å². The second kappa shape index (κ2) is 9.00. The van der Waals surface area contributed by atoms with E-state index in [1.165, 1.54) is 70.9 Å². The molecule has 1 unspecified atom stereocenters. The maximum absolute atomic E-state index is 5.87. The number of rotatable bonds is 7. The summed E-state index contributed by atoms with van der Waals surface area (Å²) in [5, 5.41) is 0. The number of hydrogen-bond donors (Lipinski definition) is 1. The van der Waals surface area contributed by atoms with Gasteiger partial charge in [0.05, 0.1) is 0 Å². The van der Waals surface area contributed by atoms with Crippen molar-refractivity contribution < 1.29 is 0 Å². The second-order valence-corrected chi connectivity index (χ2v) is 5.19. The van der Waals surface area contributed by atoms with Crippen molar-refractivity contribution in [3.8, 4) is 0 Å². The first-order valence-electron chi connectivity index (χ1n) is 7.32. The van der Waals surface area contributed by atoms with E-state index in [-0.39, 0.29) is 0 Å². The van der Waals surface area contributed by atoms with Crippen LogP contribution in [0.1, 0.15) is 64.7 Å². The van der Waals surface area contributed by atoms with E-state index < -0.39 is 0 Å². The zero-order valence-corrected chi connectivity index (χ0v) is 11.1. The van der Waals surface area contributed by atoms with Crippen LogP contribution in [-0.4, -0.2) is 30.6 Å². The number of unbranched alkanes of at least 4 members (excludes halogenated alkanes) is 4. The van der Waals surface area contributed by atoms with Gasteiger partial charge in [-0.15, -0.1) is 0 Å². The maximum atomic E-state index is 5.87. The van der Waals surface area contributed by atoms with Crippen LogP contribution < -0.4 is 5.73 Å². The van der Waals surface area contributed by atoms with Crippen molar-refractivity contribution in [3.05, 3.63) is 0 Å². The van der Waals surface area contributed by atoms with Crippen LogP contribution in [0.4, 0.5) is 0 Å². The Morgan fingerprint density at radius 2 is 1.88 bits per heavy atom. The van der Waals surface area contributed by atoms with Crippen molar-refractivity contribution in [2.75, 3.05) is 19.6 Å². The van der Waals surface area contributed by atoms with Gasteiger partial charge in [0.15, 0.2) is 0 Å². The van der Waals surface area contributed by atoms with E-state index in [1.54, 1.807) is 0 Å². The van der Waals surface area contributed by atoms with Gasteiger partial charge < -0.3 is 5.73 Å². The highest BCUT2D eigenvalue weighted by Crippen LogP contribution is 2.17. The van der Waals surface area contributed by atoms with E-state index in [9.17, 15) is 0 Å². The predicted octanol–water partition coefficient (Wildman–Crippen LogP) is 3.16. The molecule has 1 atom stereocenters. The van der Waals surface area contributed by atoms with Crippen molar-refractivity contribution in [1.82, 2.24) is 4.90 Å². The second-order valence-electron chi connectivity index (χ2n) is 5.19. The molecule has 1 rings (SSSR count). The highest BCUT2D eigenvalue weighted by Gasteiger charge is 2.18. The van der Waals surface area contributed by atoms with E-state index >= 15 is 0 Å². The Labute approximate surface area is 102 Å². The lowest BCUT2D eigenvalue weighted by Crippen LogP contribution is -2.40. The van der Waals surface area contributed by atoms with Crippen molar-refractivity contribution in [2.24, 2.45) is 5.73 Å². The first-order valence-corrected chi connectivity index (χ1v) is 7.32. The molecule has 1 fully saturated rings. The molecule has 96 valence electrons. The molecule has 2 N–H and O–H groups in total. The van der Waals surface area contributed by atoms with Crippen LogP contribution >= 0.6 is 0 Å². The molecule has 0 aromatic heterocycles. The zero-order valence-electron chi connectivity index (χ0n) is 11.1. The Hall–Kier alpha value is -0.0800. The minimum Gasteiger partial charge on any atom is -0.329 e. The fraction of sp³-hybridized carbons (Fsp3) is 1.00. The van der Waals surface area contributed by atoms with Gasteiger partial charge in [0.25, 0.3) is 0 Å². The molecular weight excluding hydrogens is 196 g/mol. The molecule has 1 saturated heterocycles. The van der Waals surface area contributed by atoms with Gasteiger partial charge in [0.1, 0.15) is 0 Å². The minimum absolute atomic E-state index is 0.675. The Morgan fingerprint density at radius 3 is 2.62 bits per heavy atom. The molecule has 0 aromatic carbocycles. The van der Waals surface area contributed by atoms with Gasteiger partial charge in [-0.25, -0.2) is 0 Å². The van der Waals surface area contributed by atoms with Crippen LogP contribution in [0.5, 0.6) is 0 Å². The van der Waals surface area contributed by atoms with E-state index in [0.717, 1.165) is 6.54 Å². The summed E-state index contributed by atoms with van der Waals surface area (Å²) in [5.74, 6) is 0. The number of nitrogens with zero attached hydrogens (tertiary/aromatic N) is 1. The lowest BCUT2D eigenvalue weighted by atomic mass is 10.1. The molecule has 16 heavy (non-hydrogen) atoms. The van der Waals surface area contributed by atoms with Crippen LogP contribution in [0.3, 0.4) is 0 Å². The SMILES string of the molecule is CCCCCCCN1CCCCCC1CN. The Bertz CT molecular complexity index is 159. The van der Waals surface area contributed by atoms with Crippen LogP contribution in [0, 0.1) is 0 Å². The van der Waals surface area contributed by atoms with E-state index in [1.807, 2.05) is 0 Å². The smallest absolute Gasteiger partial charge is 0.0218 e. The molecule has 1 aliphatic rings. The molecule has 0 bridgehead atoms. The van der Waals surface area contributed by atoms with Crippen LogP contribution in [0.25, 0.3) is 0 Å². The van der Waals surface area contributed by atoms with Crippen LogP contribution in [0.15, 0.2) is 0 Å². The maximum Gasteiger partial charge on any atom is 0.0218 e. The minimum atomic E-state index is 0.675. The largest absolute Gasteiger partial charge is 0.329 e. The third-order valence-electron chi connectivity index (χ3n) is 3.82. The lowest BCUT2D eigenvalue weighted by molar-refractivity contribution is 0.200. The lowest BCUT2D eigenvalue weighted by Gasteiger charge is -2.28. The van der Waals surface area contributed by atoms with Gasteiger partial charge in [0.2, 0.25) is 0 Å². The third kappa shape index (κ3) is 5.31. The van der Waals surface area contributed by atoms with Crippen molar-refractivity contribution in [1.29, 1.82) is 0 Å². The summed E-state index contributed by atoms with van der Waals surface area (Å²) in [6.45, 7) is 5.70. The summed E-state index contributed by atoms with van der Waals surface area (Å²) in [7, 11) is 0. The molecular formula is C14H30N2. The summed E-state index contributed by atoms with van der Waals surface area (Å²) < 4.78 is 0. The molecule has 0 radical (unpaired) electrons. The third-order valence-corrected chi connectivity index (χ3v) is 3.82. The molecule has 0 spiro atoms. The molecule has 0 saturated carbocycles.